The van der Waals surface area contributed by atoms with Crippen molar-refractivity contribution in [3.8, 4) is 0 Å². The number of carbonyl (C=O) groups excluding carboxylic acids is 1. The van der Waals surface area contributed by atoms with E-state index in [2.05, 4.69) is 36.4 Å². The maximum absolute atomic E-state index is 12.0. The third kappa shape index (κ3) is 3.78. The van der Waals surface area contributed by atoms with Gasteiger partial charge in [0.15, 0.2) is 0 Å². The van der Waals surface area contributed by atoms with Crippen LogP contribution in [-0.4, -0.2) is 44.2 Å². The van der Waals surface area contributed by atoms with E-state index in [1.54, 1.807) is 19.2 Å². The van der Waals surface area contributed by atoms with E-state index in [1.807, 2.05) is 0 Å². The Bertz CT molecular complexity index is 659. The SMILES string of the molecule is CN(Cc1ncn[nH]1)C(=O)Nc1ccc(Br)c(C(=O)O)c1. The molecule has 8 nitrogen and oxygen atoms in total. The number of aromatic carboxylic acids is 1. The number of halogens is 1. The normalized spacial score (nSPS) is 10.2. The molecule has 21 heavy (non-hydrogen) atoms. The minimum Gasteiger partial charge on any atom is -0.478 e. The second-order valence-corrected chi connectivity index (χ2v) is 5.07. The predicted octanol–water partition coefficient (Wildman–Crippen LogP) is 1.93. The number of carbonyl (C=O) groups is 2. The maximum Gasteiger partial charge on any atom is 0.336 e. The molecule has 2 amide bonds. The van der Waals surface area contributed by atoms with Crippen LogP contribution in [0.25, 0.3) is 0 Å². The molecule has 0 saturated heterocycles. The largest absolute Gasteiger partial charge is 0.478 e. The van der Waals surface area contributed by atoms with Gasteiger partial charge >= 0.3 is 12.0 Å². The zero-order valence-electron chi connectivity index (χ0n) is 11.0. The lowest BCUT2D eigenvalue weighted by atomic mass is 10.2. The van der Waals surface area contributed by atoms with Crippen molar-refractivity contribution in [2.45, 2.75) is 6.54 Å². The number of carboxylic acids is 1. The van der Waals surface area contributed by atoms with E-state index in [-0.39, 0.29) is 18.1 Å². The summed E-state index contributed by atoms with van der Waals surface area (Å²) in [4.78, 5) is 28.3. The van der Waals surface area contributed by atoms with Gasteiger partial charge in [0.1, 0.15) is 12.2 Å². The lowest BCUT2D eigenvalue weighted by Gasteiger charge is -2.16. The standard InChI is InChI=1S/C12H12BrN5O3/c1-18(5-10-14-6-15-17-10)12(21)16-7-2-3-9(13)8(4-7)11(19)20/h2-4,6H,5H2,1H3,(H,16,21)(H,19,20)(H,14,15,17). The summed E-state index contributed by atoms with van der Waals surface area (Å²) in [5, 5.41) is 18.0. The van der Waals surface area contributed by atoms with E-state index in [4.69, 9.17) is 5.11 Å². The summed E-state index contributed by atoms with van der Waals surface area (Å²) < 4.78 is 0.447. The molecule has 9 heteroatoms. The van der Waals surface area contributed by atoms with Gasteiger partial charge in [-0.15, -0.1) is 0 Å². The number of anilines is 1. The number of hydrogen-bond acceptors (Lipinski definition) is 4. The number of carboxylic acid groups (broad SMARTS) is 1. The van der Waals surface area contributed by atoms with E-state index < -0.39 is 5.97 Å². The molecule has 1 aromatic heterocycles. The summed E-state index contributed by atoms with van der Waals surface area (Å²) in [5.74, 6) is -0.525. The van der Waals surface area contributed by atoms with Crippen molar-refractivity contribution in [2.24, 2.45) is 0 Å². The maximum atomic E-state index is 12.0. The average Bonchev–Trinajstić information content (AvgIpc) is 2.93. The van der Waals surface area contributed by atoms with E-state index in [0.717, 1.165) is 0 Å². The summed E-state index contributed by atoms with van der Waals surface area (Å²) in [6, 6.07) is 4.17. The lowest BCUT2D eigenvalue weighted by molar-refractivity contribution is 0.0696. The van der Waals surface area contributed by atoms with Crippen LogP contribution in [0.5, 0.6) is 0 Å². The van der Waals surface area contributed by atoms with Gasteiger partial charge in [0.05, 0.1) is 12.1 Å². The Labute approximate surface area is 128 Å². The smallest absolute Gasteiger partial charge is 0.336 e. The van der Waals surface area contributed by atoms with Crippen LogP contribution in [0.4, 0.5) is 10.5 Å². The zero-order valence-corrected chi connectivity index (χ0v) is 12.6. The van der Waals surface area contributed by atoms with Crippen LogP contribution >= 0.6 is 15.9 Å². The molecule has 0 aliphatic carbocycles. The number of H-pyrrole nitrogens is 1. The molecule has 1 heterocycles. The Morgan fingerprint density at radius 1 is 1.48 bits per heavy atom. The number of nitrogens with one attached hydrogen (secondary N) is 2. The highest BCUT2D eigenvalue weighted by Gasteiger charge is 2.13. The Hall–Kier alpha value is -2.42. The summed E-state index contributed by atoms with van der Waals surface area (Å²) in [6.07, 6.45) is 1.36. The minimum absolute atomic E-state index is 0.0747. The van der Waals surface area contributed by atoms with Crippen LogP contribution in [0.1, 0.15) is 16.2 Å². The first-order chi connectivity index (χ1) is 9.97. The molecule has 1 aromatic carbocycles. The fourth-order valence-electron chi connectivity index (χ4n) is 1.59. The van der Waals surface area contributed by atoms with Gasteiger partial charge in [-0.1, -0.05) is 0 Å². The second kappa shape index (κ2) is 6.35. The number of amides is 2. The number of aromatic amines is 1. The van der Waals surface area contributed by atoms with Crippen molar-refractivity contribution in [1.82, 2.24) is 20.1 Å². The van der Waals surface area contributed by atoms with Crippen LogP contribution in [0.2, 0.25) is 0 Å². The van der Waals surface area contributed by atoms with Crippen molar-refractivity contribution in [3.05, 3.63) is 40.4 Å². The second-order valence-electron chi connectivity index (χ2n) is 4.22. The Morgan fingerprint density at radius 3 is 2.86 bits per heavy atom. The number of rotatable bonds is 4. The van der Waals surface area contributed by atoms with Crippen LogP contribution in [0.3, 0.4) is 0 Å². The molecule has 110 valence electrons. The van der Waals surface area contributed by atoms with Gasteiger partial charge in [-0.05, 0) is 34.1 Å². The molecule has 0 unspecified atom stereocenters. The molecule has 0 aliphatic rings. The molecule has 2 rings (SSSR count). The van der Waals surface area contributed by atoms with E-state index in [0.29, 0.717) is 16.0 Å². The molecule has 0 radical (unpaired) electrons. The van der Waals surface area contributed by atoms with Gasteiger partial charge in [0.25, 0.3) is 0 Å². The molecule has 0 bridgehead atoms. The fourth-order valence-corrected chi connectivity index (χ4v) is 2.01. The zero-order chi connectivity index (χ0) is 15.4. The summed E-state index contributed by atoms with van der Waals surface area (Å²) in [6.45, 7) is 0.258. The first-order valence-electron chi connectivity index (χ1n) is 5.86. The van der Waals surface area contributed by atoms with E-state index in [9.17, 15) is 9.59 Å². The number of hydrogen-bond donors (Lipinski definition) is 3. The van der Waals surface area contributed by atoms with Gasteiger partial charge in [0, 0.05) is 17.2 Å². The predicted molar refractivity (Wildman–Crippen MR) is 78.0 cm³/mol. The van der Waals surface area contributed by atoms with Crippen molar-refractivity contribution >= 4 is 33.6 Å². The van der Waals surface area contributed by atoms with E-state index >= 15 is 0 Å². The molecule has 2 aromatic rings. The highest BCUT2D eigenvalue weighted by atomic mass is 79.9. The molecule has 0 saturated carbocycles. The molecule has 0 atom stereocenters. The summed E-state index contributed by atoms with van der Waals surface area (Å²) >= 11 is 3.14. The third-order valence-corrected chi connectivity index (χ3v) is 3.34. The summed E-state index contributed by atoms with van der Waals surface area (Å²) in [7, 11) is 1.59. The van der Waals surface area contributed by atoms with Crippen molar-refractivity contribution in [3.63, 3.8) is 0 Å². The van der Waals surface area contributed by atoms with E-state index in [1.165, 1.54) is 17.3 Å². The van der Waals surface area contributed by atoms with Gasteiger partial charge in [-0.3, -0.25) is 5.10 Å². The lowest BCUT2D eigenvalue weighted by Crippen LogP contribution is -2.31. The van der Waals surface area contributed by atoms with Gasteiger partial charge in [-0.25, -0.2) is 14.6 Å². The van der Waals surface area contributed by atoms with Crippen LogP contribution in [-0.2, 0) is 6.54 Å². The Kier molecular flexibility index (Phi) is 4.53. The third-order valence-electron chi connectivity index (χ3n) is 2.65. The van der Waals surface area contributed by atoms with Crippen molar-refractivity contribution in [1.29, 1.82) is 0 Å². The molecular formula is C12H12BrN5O3. The summed E-state index contributed by atoms with van der Waals surface area (Å²) in [5.41, 5.74) is 0.468. The monoisotopic (exact) mass is 353 g/mol. The molecule has 0 spiro atoms. The first kappa shape index (κ1) is 15.0. The highest BCUT2D eigenvalue weighted by Crippen LogP contribution is 2.21. The van der Waals surface area contributed by atoms with Crippen LogP contribution in [0, 0.1) is 0 Å². The molecule has 0 aliphatic heterocycles. The fraction of sp³-hybridized carbons (Fsp3) is 0.167. The minimum atomic E-state index is -1.08. The Morgan fingerprint density at radius 2 is 2.24 bits per heavy atom. The van der Waals surface area contributed by atoms with Crippen LogP contribution < -0.4 is 5.32 Å². The topological polar surface area (TPSA) is 111 Å². The number of benzene rings is 1. The number of nitrogens with zero attached hydrogens (tertiary/aromatic N) is 3. The van der Waals surface area contributed by atoms with Gasteiger partial charge in [-0.2, -0.15) is 5.10 Å². The van der Waals surface area contributed by atoms with Gasteiger partial charge < -0.3 is 15.3 Å². The quantitative estimate of drug-likeness (QED) is 0.777. The first-order valence-corrected chi connectivity index (χ1v) is 6.66. The number of urea groups is 1. The molecule has 3 N–H and O–H groups in total. The molecular weight excluding hydrogens is 342 g/mol. The average molecular weight is 354 g/mol. The molecule has 0 fully saturated rings. The van der Waals surface area contributed by atoms with Crippen molar-refractivity contribution < 1.29 is 14.7 Å². The number of aromatic nitrogens is 3. The van der Waals surface area contributed by atoms with Crippen LogP contribution in [0.15, 0.2) is 29.0 Å². The van der Waals surface area contributed by atoms with Crippen molar-refractivity contribution in [2.75, 3.05) is 12.4 Å². The van der Waals surface area contributed by atoms with Gasteiger partial charge in [0.2, 0.25) is 0 Å². The Balaban J connectivity index is 2.05. The highest BCUT2D eigenvalue weighted by molar-refractivity contribution is 9.10.